The molecule has 1 heterocycles. The zero-order chi connectivity index (χ0) is 10.6. The Morgan fingerprint density at radius 2 is 2.29 bits per heavy atom. The van der Waals surface area contributed by atoms with Crippen molar-refractivity contribution in [1.82, 2.24) is 9.97 Å². The molecule has 0 N–H and O–H groups in total. The van der Waals surface area contributed by atoms with Crippen molar-refractivity contribution in [2.24, 2.45) is 0 Å². The summed E-state index contributed by atoms with van der Waals surface area (Å²) in [5.74, 6) is 1.06. The Labute approximate surface area is 83.3 Å². The van der Waals surface area contributed by atoms with Gasteiger partial charge in [0.05, 0.1) is 11.7 Å². The van der Waals surface area contributed by atoms with Gasteiger partial charge in [0, 0.05) is 12.6 Å². The molecular formula is C10H14N2O2. The second kappa shape index (κ2) is 4.69. The first-order chi connectivity index (χ1) is 6.67. The van der Waals surface area contributed by atoms with Crippen LogP contribution in [0.2, 0.25) is 0 Å². The van der Waals surface area contributed by atoms with Crippen LogP contribution in [0.25, 0.3) is 0 Å². The molecule has 1 aromatic rings. The summed E-state index contributed by atoms with van der Waals surface area (Å²) in [5, 5.41) is 0. The van der Waals surface area contributed by atoms with Crippen molar-refractivity contribution in [3.8, 4) is 5.88 Å². The number of hydrogen-bond donors (Lipinski definition) is 0. The fourth-order valence-corrected chi connectivity index (χ4v) is 0.979. The maximum Gasteiger partial charge on any atom is 0.227 e. The van der Waals surface area contributed by atoms with E-state index in [1.54, 1.807) is 0 Å². The zero-order valence-corrected chi connectivity index (χ0v) is 8.65. The van der Waals surface area contributed by atoms with Crippen molar-refractivity contribution >= 4 is 6.29 Å². The van der Waals surface area contributed by atoms with Crippen LogP contribution in [-0.4, -0.2) is 22.4 Å². The highest BCUT2D eigenvalue weighted by Crippen LogP contribution is 2.14. The van der Waals surface area contributed by atoms with Gasteiger partial charge in [-0.05, 0) is 13.8 Å². The highest BCUT2D eigenvalue weighted by Gasteiger charge is 2.08. The first-order valence-corrected chi connectivity index (χ1v) is 4.65. The van der Waals surface area contributed by atoms with Crippen LogP contribution in [-0.2, 0) is 6.42 Å². The smallest absolute Gasteiger partial charge is 0.227 e. The molecule has 0 radical (unpaired) electrons. The second-order valence-electron chi connectivity index (χ2n) is 3.18. The van der Waals surface area contributed by atoms with E-state index in [0.717, 1.165) is 6.42 Å². The van der Waals surface area contributed by atoms with Crippen molar-refractivity contribution in [2.45, 2.75) is 33.3 Å². The SMILES string of the molecule is CCc1ncc(C=O)c(OC(C)C)n1. The van der Waals surface area contributed by atoms with Crippen molar-refractivity contribution in [3.63, 3.8) is 0 Å². The van der Waals surface area contributed by atoms with Gasteiger partial charge in [-0.2, -0.15) is 4.98 Å². The topological polar surface area (TPSA) is 52.1 Å². The lowest BCUT2D eigenvalue weighted by Crippen LogP contribution is -2.10. The monoisotopic (exact) mass is 194 g/mol. The maximum absolute atomic E-state index is 10.6. The Kier molecular flexibility index (Phi) is 3.56. The Bertz CT molecular complexity index is 324. The summed E-state index contributed by atoms with van der Waals surface area (Å²) in [6.45, 7) is 5.74. The fourth-order valence-electron chi connectivity index (χ4n) is 0.979. The van der Waals surface area contributed by atoms with Gasteiger partial charge in [-0.1, -0.05) is 6.92 Å². The number of ether oxygens (including phenoxy) is 1. The number of aldehydes is 1. The molecule has 0 saturated carbocycles. The normalized spacial score (nSPS) is 10.3. The van der Waals surface area contributed by atoms with Crippen LogP contribution >= 0.6 is 0 Å². The van der Waals surface area contributed by atoms with Gasteiger partial charge in [-0.25, -0.2) is 4.98 Å². The average Bonchev–Trinajstić information content (AvgIpc) is 2.16. The van der Waals surface area contributed by atoms with E-state index in [9.17, 15) is 4.79 Å². The lowest BCUT2D eigenvalue weighted by molar-refractivity contribution is 0.111. The van der Waals surface area contributed by atoms with Crippen LogP contribution in [0, 0.1) is 0 Å². The number of carbonyl (C=O) groups is 1. The highest BCUT2D eigenvalue weighted by atomic mass is 16.5. The van der Waals surface area contributed by atoms with Crippen LogP contribution in [0.3, 0.4) is 0 Å². The molecule has 0 atom stereocenters. The number of nitrogens with zero attached hydrogens (tertiary/aromatic N) is 2. The molecule has 0 aromatic carbocycles. The molecule has 1 rings (SSSR count). The molecule has 0 amide bonds. The third-order valence-corrected chi connectivity index (χ3v) is 1.62. The van der Waals surface area contributed by atoms with E-state index >= 15 is 0 Å². The Morgan fingerprint density at radius 3 is 2.79 bits per heavy atom. The van der Waals surface area contributed by atoms with Gasteiger partial charge >= 0.3 is 0 Å². The predicted molar refractivity (Wildman–Crippen MR) is 52.6 cm³/mol. The molecule has 1 aromatic heterocycles. The molecule has 0 saturated heterocycles. The van der Waals surface area contributed by atoms with Gasteiger partial charge in [-0.15, -0.1) is 0 Å². The minimum Gasteiger partial charge on any atom is -0.474 e. The zero-order valence-electron chi connectivity index (χ0n) is 8.65. The second-order valence-corrected chi connectivity index (χ2v) is 3.18. The largest absolute Gasteiger partial charge is 0.474 e. The molecule has 4 nitrogen and oxygen atoms in total. The van der Waals surface area contributed by atoms with E-state index in [1.807, 2.05) is 20.8 Å². The lowest BCUT2D eigenvalue weighted by atomic mass is 10.3. The van der Waals surface area contributed by atoms with Crippen LogP contribution in [0.5, 0.6) is 5.88 Å². The summed E-state index contributed by atoms with van der Waals surface area (Å²) in [6, 6.07) is 0. The summed E-state index contributed by atoms with van der Waals surface area (Å²) in [5.41, 5.74) is 0.399. The van der Waals surface area contributed by atoms with E-state index < -0.39 is 0 Å². The van der Waals surface area contributed by atoms with Crippen molar-refractivity contribution in [1.29, 1.82) is 0 Å². The first kappa shape index (κ1) is 10.6. The van der Waals surface area contributed by atoms with Crippen molar-refractivity contribution < 1.29 is 9.53 Å². The highest BCUT2D eigenvalue weighted by molar-refractivity contribution is 5.77. The van der Waals surface area contributed by atoms with E-state index in [-0.39, 0.29) is 6.10 Å². The minimum absolute atomic E-state index is 0.00769. The van der Waals surface area contributed by atoms with Gasteiger partial charge in [-0.3, -0.25) is 4.79 Å². The third kappa shape index (κ3) is 2.52. The number of aromatic nitrogens is 2. The van der Waals surface area contributed by atoms with Gasteiger partial charge in [0.25, 0.3) is 0 Å². The maximum atomic E-state index is 10.6. The Balaban J connectivity index is 3.01. The summed E-state index contributed by atoms with van der Waals surface area (Å²) < 4.78 is 5.40. The Morgan fingerprint density at radius 1 is 1.57 bits per heavy atom. The van der Waals surface area contributed by atoms with Crippen LogP contribution in [0.4, 0.5) is 0 Å². The predicted octanol–water partition coefficient (Wildman–Crippen LogP) is 1.64. The van der Waals surface area contributed by atoms with E-state index in [0.29, 0.717) is 23.6 Å². The molecule has 0 bridgehead atoms. The minimum atomic E-state index is 0.00769. The number of rotatable bonds is 4. The molecule has 0 aliphatic carbocycles. The average molecular weight is 194 g/mol. The first-order valence-electron chi connectivity index (χ1n) is 4.65. The quantitative estimate of drug-likeness (QED) is 0.684. The summed E-state index contributed by atoms with van der Waals surface area (Å²) in [6.07, 6.45) is 2.94. The van der Waals surface area contributed by atoms with Crippen molar-refractivity contribution in [3.05, 3.63) is 17.6 Å². The van der Waals surface area contributed by atoms with Crippen LogP contribution in [0.1, 0.15) is 37.0 Å². The van der Waals surface area contributed by atoms with Crippen molar-refractivity contribution in [2.75, 3.05) is 0 Å². The molecule has 0 unspecified atom stereocenters. The molecule has 4 heteroatoms. The molecule has 0 aliphatic rings. The van der Waals surface area contributed by atoms with Crippen LogP contribution in [0.15, 0.2) is 6.20 Å². The fraction of sp³-hybridized carbons (Fsp3) is 0.500. The molecule has 76 valence electrons. The summed E-state index contributed by atoms with van der Waals surface area (Å²) in [7, 11) is 0. The number of hydrogen-bond acceptors (Lipinski definition) is 4. The third-order valence-electron chi connectivity index (χ3n) is 1.62. The lowest BCUT2D eigenvalue weighted by Gasteiger charge is -2.10. The van der Waals surface area contributed by atoms with Gasteiger partial charge in [0.1, 0.15) is 5.82 Å². The molecule has 0 aliphatic heterocycles. The summed E-state index contributed by atoms with van der Waals surface area (Å²) in [4.78, 5) is 18.8. The van der Waals surface area contributed by atoms with E-state index in [2.05, 4.69) is 9.97 Å². The van der Waals surface area contributed by atoms with Crippen LogP contribution < -0.4 is 4.74 Å². The standard InChI is InChI=1S/C10H14N2O2/c1-4-9-11-5-8(6-13)10(12-9)14-7(2)3/h5-7H,4H2,1-3H3. The number of aryl methyl sites for hydroxylation is 1. The molecular weight excluding hydrogens is 180 g/mol. The van der Waals surface area contributed by atoms with E-state index in [4.69, 9.17) is 4.74 Å². The molecule has 0 fully saturated rings. The van der Waals surface area contributed by atoms with E-state index in [1.165, 1.54) is 6.20 Å². The molecule has 0 spiro atoms. The Hall–Kier alpha value is -1.45. The van der Waals surface area contributed by atoms with Gasteiger partial charge in [0.2, 0.25) is 5.88 Å². The van der Waals surface area contributed by atoms with Gasteiger partial charge in [0.15, 0.2) is 6.29 Å². The summed E-state index contributed by atoms with van der Waals surface area (Å²) >= 11 is 0. The number of carbonyl (C=O) groups excluding carboxylic acids is 1. The molecule has 14 heavy (non-hydrogen) atoms. The van der Waals surface area contributed by atoms with Gasteiger partial charge < -0.3 is 4.74 Å².